The van der Waals surface area contributed by atoms with E-state index < -0.39 is 6.43 Å². The number of aromatic nitrogens is 2. The van der Waals surface area contributed by atoms with Crippen LogP contribution in [-0.4, -0.2) is 41.7 Å². The third kappa shape index (κ3) is 4.82. The molecule has 1 aliphatic heterocycles. The van der Waals surface area contributed by atoms with Gasteiger partial charge in [0.25, 0.3) is 12.3 Å². The van der Waals surface area contributed by atoms with E-state index in [1.165, 1.54) is 12.3 Å². The maximum absolute atomic E-state index is 13.7. The Morgan fingerprint density at radius 1 is 1.39 bits per heavy atom. The third-order valence-electron chi connectivity index (χ3n) is 4.52. The SMILES string of the molecule is CCCNc1cc(C(F)F)c(-c2sc(C(=O)NC3CCOCC3)nc2C)cn1. The number of ether oxygens (including phenoxy) is 1. The van der Waals surface area contributed by atoms with Gasteiger partial charge in [-0.2, -0.15) is 0 Å². The molecule has 0 spiro atoms. The number of carbonyl (C=O) groups excluding carboxylic acids is 1. The molecule has 0 radical (unpaired) electrons. The first-order valence-corrected chi connectivity index (χ1v) is 10.2. The number of pyridine rings is 1. The summed E-state index contributed by atoms with van der Waals surface area (Å²) in [5.74, 6) is 0.139. The summed E-state index contributed by atoms with van der Waals surface area (Å²) in [6.07, 6.45) is 1.16. The van der Waals surface area contributed by atoms with E-state index in [2.05, 4.69) is 20.6 Å². The molecule has 1 saturated heterocycles. The van der Waals surface area contributed by atoms with Gasteiger partial charge in [-0.15, -0.1) is 11.3 Å². The van der Waals surface area contributed by atoms with Gasteiger partial charge < -0.3 is 15.4 Å². The summed E-state index contributed by atoms with van der Waals surface area (Å²) in [5, 5.41) is 6.24. The number of thiazole rings is 1. The number of carbonyl (C=O) groups is 1. The van der Waals surface area contributed by atoms with E-state index >= 15 is 0 Å². The molecule has 1 amide bonds. The molecule has 152 valence electrons. The molecule has 3 rings (SSSR count). The molecule has 0 unspecified atom stereocenters. The van der Waals surface area contributed by atoms with E-state index in [1.807, 2.05) is 6.92 Å². The number of anilines is 1. The lowest BCUT2D eigenvalue weighted by atomic mass is 10.1. The molecule has 6 nitrogen and oxygen atoms in total. The van der Waals surface area contributed by atoms with Crippen LogP contribution in [0.15, 0.2) is 12.3 Å². The van der Waals surface area contributed by atoms with Gasteiger partial charge in [0.2, 0.25) is 0 Å². The molecule has 2 N–H and O–H groups in total. The van der Waals surface area contributed by atoms with Crippen molar-refractivity contribution in [1.29, 1.82) is 0 Å². The van der Waals surface area contributed by atoms with Gasteiger partial charge in [0.1, 0.15) is 5.82 Å². The maximum atomic E-state index is 13.7. The smallest absolute Gasteiger partial charge is 0.280 e. The van der Waals surface area contributed by atoms with Crippen molar-refractivity contribution in [2.24, 2.45) is 0 Å². The van der Waals surface area contributed by atoms with Crippen molar-refractivity contribution in [3.8, 4) is 10.4 Å². The minimum Gasteiger partial charge on any atom is -0.381 e. The Hall–Kier alpha value is -2.13. The van der Waals surface area contributed by atoms with Crippen LogP contribution >= 0.6 is 11.3 Å². The van der Waals surface area contributed by atoms with Crippen molar-refractivity contribution < 1.29 is 18.3 Å². The average molecular weight is 410 g/mol. The highest BCUT2D eigenvalue weighted by atomic mass is 32.1. The molecule has 2 aromatic rings. The fraction of sp³-hybridized carbons (Fsp3) is 0.526. The van der Waals surface area contributed by atoms with Gasteiger partial charge in [-0.05, 0) is 32.3 Å². The van der Waals surface area contributed by atoms with Crippen molar-refractivity contribution in [2.75, 3.05) is 25.1 Å². The Labute approximate surface area is 166 Å². The van der Waals surface area contributed by atoms with Gasteiger partial charge in [-0.3, -0.25) is 4.79 Å². The Bertz CT molecular complexity index is 822. The molecule has 0 aromatic carbocycles. The summed E-state index contributed by atoms with van der Waals surface area (Å²) >= 11 is 1.12. The standard InChI is InChI=1S/C19H24F2N4O2S/c1-3-6-22-15-9-13(17(20)21)14(10-23-15)16-11(2)24-19(28-16)18(26)25-12-4-7-27-8-5-12/h9-10,12,17H,3-8H2,1-2H3,(H,22,23)(H,25,26). The van der Waals surface area contributed by atoms with Gasteiger partial charge in [0, 0.05) is 43.1 Å². The van der Waals surface area contributed by atoms with Gasteiger partial charge in [-0.25, -0.2) is 18.7 Å². The highest BCUT2D eigenvalue weighted by Crippen LogP contribution is 2.37. The molecular weight excluding hydrogens is 386 g/mol. The molecule has 28 heavy (non-hydrogen) atoms. The lowest BCUT2D eigenvalue weighted by Gasteiger charge is -2.22. The van der Waals surface area contributed by atoms with Crippen LogP contribution in [0.4, 0.5) is 14.6 Å². The summed E-state index contributed by atoms with van der Waals surface area (Å²) in [6.45, 7) is 5.60. The maximum Gasteiger partial charge on any atom is 0.280 e. The van der Waals surface area contributed by atoms with Crippen molar-refractivity contribution >= 4 is 23.1 Å². The van der Waals surface area contributed by atoms with Crippen LogP contribution in [0.1, 0.15) is 53.7 Å². The molecule has 3 heterocycles. The van der Waals surface area contributed by atoms with Crippen LogP contribution in [-0.2, 0) is 4.74 Å². The van der Waals surface area contributed by atoms with Gasteiger partial charge in [0.05, 0.1) is 10.6 Å². The second kappa shape index (κ2) is 9.38. The highest BCUT2D eigenvalue weighted by molar-refractivity contribution is 7.17. The minimum atomic E-state index is -2.65. The number of hydrogen-bond donors (Lipinski definition) is 2. The van der Waals surface area contributed by atoms with E-state index in [9.17, 15) is 13.6 Å². The third-order valence-corrected chi connectivity index (χ3v) is 5.71. The summed E-state index contributed by atoms with van der Waals surface area (Å²) in [4.78, 5) is 21.6. The Morgan fingerprint density at radius 2 is 2.14 bits per heavy atom. The second-order valence-corrected chi connectivity index (χ2v) is 7.68. The largest absolute Gasteiger partial charge is 0.381 e. The monoisotopic (exact) mass is 410 g/mol. The van der Waals surface area contributed by atoms with Crippen LogP contribution in [0.25, 0.3) is 10.4 Å². The predicted molar refractivity (Wildman–Crippen MR) is 105 cm³/mol. The summed E-state index contributed by atoms with van der Waals surface area (Å²) < 4.78 is 32.6. The van der Waals surface area contributed by atoms with E-state index in [4.69, 9.17) is 4.74 Å². The van der Waals surface area contributed by atoms with E-state index in [0.717, 1.165) is 30.6 Å². The summed E-state index contributed by atoms with van der Waals surface area (Å²) in [7, 11) is 0. The minimum absolute atomic E-state index is 0.0520. The van der Waals surface area contributed by atoms with Crippen LogP contribution in [0.5, 0.6) is 0 Å². The van der Waals surface area contributed by atoms with Gasteiger partial charge in [0.15, 0.2) is 5.01 Å². The Balaban J connectivity index is 1.84. The number of amides is 1. The molecule has 0 atom stereocenters. The van der Waals surface area contributed by atoms with Crippen LogP contribution in [0, 0.1) is 6.92 Å². The first kappa shape index (κ1) is 20.6. The van der Waals surface area contributed by atoms with E-state index in [1.54, 1.807) is 6.92 Å². The van der Waals surface area contributed by atoms with Crippen molar-refractivity contribution in [2.45, 2.75) is 45.6 Å². The van der Waals surface area contributed by atoms with Crippen LogP contribution in [0.2, 0.25) is 0 Å². The molecule has 9 heteroatoms. The van der Waals surface area contributed by atoms with Gasteiger partial charge >= 0.3 is 0 Å². The van der Waals surface area contributed by atoms with E-state index in [0.29, 0.717) is 41.7 Å². The Morgan fingerprint density at radius 3 is 2.82 bits per heavy atom. The first-order valence-electron chi connectivity index (χ1n) is 9.38. The molecular formula is C19H24F2N4O2S. The Kier molecular flexibility index (Phi) is 6.90. The van der Waals surface area contributed by atoms with Crippen LogP contribution in [0.3, 0.4) is 0 Å². The lowest BCUT2D eigenvalue weighted by molar-refractivity contribution is 0.0696. The molecule has 0 aliphatic carbocycles. The predicted octanol–water partition coefficient (Wildman–Crippen LogP) is 4.18. The fourth-order valence-electron chi connectivity index (χ4n) is 3.02. The summed E-state index contributed by atoms with van der Waals surface area (Å²) in [6, 6.07) is 1.42. The zero-order chi connectivity index (χ0) is 20.1. The van der Waals surface area contributed by atoms with Crippen molar-refractivity contribution in [3.63, 3.8) is 0 Å². The molecule has 2 aromatic heterocycles. The first-order chi connectivity index (χ1) is 13.5. The molecule has 0 bridgehead atoms. The van der Waals surface area contributed by atoms with Crippen molar-refractivity contribution in [1.82, 2.24) is 15.3 Å². The lowest BCUT2D eigenvalue weighted by Crippen LogP contribution is -2.38. The van der Waals surface area contributed by atoms with Crippen molar-refractivity contribution in [3.05, 3.63) is 28.5 Å². The van der Waals surface area contributed by atoms with Crippen LogP contribution < -0.4 is 10.6 Å². The topological polar surface area (TPSA) is 76.1 Å². The zero-order valence-corrected chi connectivity index (χ0v) is 16.7. The molecule has 1 fully saturated rings. The number of alkyl halides is 2. The molecule has 1 aliphatic rings. The quantitative estimate of drug-likeness (QED) is 0.716. The number of halogens is 2. The number of hydrogen-bond acceptors (Lipinski definition) is 6. The number of nitrogens with zero attached hydrogens (tertiary/aromatic N) is 2. The fourth-order valence-corrected chi connectivity index (χ4v) is 4.02. The summed E-state index contributed by atoms with van der Waals surface area (Å²) in [5.41, 5.74) is 0.744. The van der Waals surface area contributed by atoms with Gasteiger partial charge in [-0.1, -0.05) is 6.92 Å². The second-order valence-electron chi connectivity index (χ2n) is 6.68. The average Bonchev–Trinajstić information content (AvgIpc) is 3.08. The highest BCUT2D eigenvalue weighted by Gasteiger charge is 2.23. The van der Waals surface area contributed by atoms with E-state index in [-0.39, 0.29) is 22.5 Å². The number of rotatable bonds is 7. The zero-order valence-electron chi connectivity index (χ0n) is 15.9. The normalized spacial score (nSPS) is 15.0. The number of nitrogens with one attached hydrogen (secondary N) is 2. The number of aryl methyl sites for hydroxylation is 1. The molecule has 0 saturated carbocycles.